The number of hydrogen-bond acceptors (Lipinski definition) is 6. The van der Waals surface area contributed by atoms with Crippen LogP contribution >= 0.6 is 31.9 Å². The van der Waals surface area contributed by atoms with E-state index < -0.39 is 0 Å². The van der Waals surface area contributed by atoms with E-state index in [1.54, 1.807) is 21.3 Å². The number of phenolic OH excluding ortho intramolecular Hbond substituents is 1. The Morgan fingerprint density at radius 1 is 0.828 bits per heavy atom. The summed E-state index contributed by atoms with van der Waals surface area (Å²) in [6.07, 6.45) is 0. The van der Waals surface area contributed by atoms with Gasteiger partial charge in [0.05, 0.1) is 25.8 Å². The van der Waals surface area contributed by atoms with Gasteiger partial charge in [-0.3, -0.25) is 9.80 Å². The second kappa shape index (κ2) is 10.0. The van der Waals surface area contributed by atoms with Crippen LogP contribution in [0.2, 0.25) is 0 Å². The SMILES string of the molecule is COc1cc(CN2CCN(Cc3cc(Br)cc(Br)c3O)CC2)cc(OC)c1OC. The Labute approximate surface area is 188 Å². The van der Waals surface area contributed by atoms with Gasteiger partial charge in [0.25, 0.3) is 0 Å². The molecule has 1 fully saturated rings. The average Bonchev–Trinajstić information content (AvgIpc) is 2.72. The topological polar surface area (TPSA) is 54.4 Å². The van der Waals surface area contributed by atoms with Gasteiger partial charge in [-0.2, -0.15) is 0 Å². The minimum absolute atomic E-state index is 0.313. The van der Waals surface area contributed by atoms with Crippen LogP contribution in [0.1, 0.15) is 11.1 Å². The monoisotopic (exact) mass is 528 g/mol. The van der Waals surface area contributed by atoms with E-state index in [-0.39, 0.29) is 0 Å². The van der Waals surface area contributed by atoms with Crippen LogP contribution in [-0.2, 0) is 13.1 Å². The smallest absolute Gasteiger partial charge is 0.203 e. The molecule has 1 aliphatic heterocycles. The fraction of sp³-hybridized carbons (Fsp3) is 0.429. The van der Waals surface area contributed by atoms with Gasteiger partial charge >= 0.3 is 0 Å². The Kier molecular flexibility index (Phi) is 7.67. The van der Waals surface area contributed by atoms with Gasteiger partial charge in [-0.05, 0) is 45.8 Å². The van der Waals surface area contributed by atoms with Gasteiger partial charge in [0.2, 0.25) is 5.75 Å². The maximum Gasteiger partial charge on any atom is 0.203 e. The Balaban J connectivity index is 1.62. The highest BCUT2D eigenvalue weighted by Gasteiger charge is 2.20. The number of rotatable bonds is 7. The first-order valence-corrected chi connectivity index (χ1v) is 10.9. The highest BCUT2D eigenvalue weighted by Crippen LogP contribution is 2.38. The van der Waals surface area contributed by atoms with Crippen molar-refractivity contribution in [2.75, 3.05) is 47.5 Å². The summed E-state index contributed by atoms with van der Waals surface area (Å²) in [5, 5.41) is 10.3. The summed E-state index contributed by atoms with van der Waals surface area (Å²) in [6.45, 7) is 5.32. The van der Waals surface area contributed by atoms with Crippen LogP contribution < -0.4 is 14.2 Å². The molecule has 2 aromatic carbocycles. The number of aromatic hydroxyl groups is 1. The number of hydrogen-bond donors (Lipinski definition) is 1. The number of nitrogens with zero attached hydrogens (tertiary/aromatic N) is 2. The fourth-order valence-corrected chi connectivity index (χ4v) is 4.88. The molecular weight excluding hydrogens is 504 g/mol. The molecule has 6 nitrogen and oxygen atoms in total. The number of benzene rings is 2. The van der Waals surface area contributed by atoms with Crippen molar-refractivity contribution in [1.82, 2.24) is 9.80 Å². The maximum absolute atomic E-state index is 10.3. The summed E-state index contributed by atoms with van der Waals surface area (Å²) in [5.41, 5.74) is 2.05. The molecule has 0 aliphatic carbocycles. The fourth-order valence-electron chi connectivity index (χ4n) is 3.57. The molecule has 0 bridgehead atoms. The van der Waals surface area contributed by atoms with E-state index in [0.29, 0.717) is 27.5 Å². The number of halogens is 2. The van der Waals surface area contributed by atoms with Crippen LogP contribution in [0.25, 0.3) is 0 Å². The van der Waals surface area contributed by atoms with Crippen molar-refractivity contribution in [1.29, 1.82) is 0 Å². The summed E-state index contributed by atoms with van der Waals surface area (Å²) in [5.74, 6) is 2.28. The molecule has 2 aromatic rings. The molecule has 0 atom stereocenters. The zero-order valence-corrected chi connectivity index (χ0v) is 20.0. The number of phenols is 1. The zero-order valence-electron chi connectivity index (χ0n) is 16.9. The van der Waals surface area contributed by atoms with Crippen molar-refractivity contribution in [3.8, 4) is 23.0 Å². The van der Waals surface area contributed by atoms with Crippen LogP contribution in [0.5, 0.6) is 23.0 Å². The van der Waals surface area contributed by atoms with E-state index >= 15 is 0 Å². The van der Waals surface area contributed by atoms with E-state index in [0.717, 1.165) is 54.9 Å². The molecule has 0 saturated carbocycles. The lowest BCUT2D eigenvalue weighted by Gasteiger charge is -2.35. The predicted molar refractivity (Wildman–Crippen MR) is 120 cm³/mol. The average molecular weight is 530 g/mol. The van der Waals surface area contributed by atoms with Gasteiger partial charge in [0.1, 0.15) is 5.75 Å². The Bertz CT molecular complexity index is 830. The lowest BCUT2D eigenvalue weighted by Crippen LogP contribution is -2.45. The molecule has 0 unspecified atom stereocenters. The van der Waals surface area contributed by atoms with Crippen molar-refractivity contribution in [2.24, 2.45) is 0 Å². The second-order valence-corrected chi connectivity index (χ2v) is 8.75. The molecule has 1 heterocycles. The van der Waals surface area contributed by atoms with Crippen molar-refractivity contribution < 1.29 is 19.3 Å². The summed E-state index contributed by atoms with van der Waals surface area (Å²) < 4.78 is 18.0. The zero-order chi connectivity index (χ0) is 21.0. The van der Waals surface area contributed by atoms with Crippen molar-refractivity contribution in [3.63, 3.8) is 0 Å². The highest BCUT2D eigenvalue weighted by atomic mass is 79.9. The molecule has 0 aromatic heterocycles. The first-order valence-electron chi connectivity index (χ1n) is 9.35. The Hall–Kier alpha value is -1.48. The van der Waals surface area contributed by atoms with E-state index in [1.165, 1.54) is 0 Å². The van der Waals surface area contributed by atoms with Crippen LogP contribution in [0.4, 0.5) is 0 Å². The van der Waals surface area contributed by atoms with Gasteiger partial charge in [-0.25, -0.2) is 0 Å². The van der Waals surface area contributed by atoms with E-state index in [4.69, 9.17) is 14.2 Å². The van der Waals surface area contributed by atoms with E-state index in [9.17, 15) is 5.11 Å². The Morgan fingerprint density at radius 3 is 1.90 bits per heavy atom. The minimum atomic E-state index is 0.313. The molecule has 8 heteroatoms. The summed E-state index contributed by atoms with van der Waals surface area (Å²) in [6, 6.07) is 7.84. The largest absolute Gasteiger partial charge is 0.506 e. The quantitative estimate of drug-likeness (QED) is 0.578. The minimum Gasteiger partial charge on any atom is -0.506 e. The number of piperazine rings is 1. The molecule has 0 radical (unpaired) electrons. The van der Waals surface area contributed by atoms with Crippen LogP contribution in [0, 0.1) is 0 Å². The lowest BCUT2D eigenvalue weighted by molar-refractivity contribution is 0.121. The second-order valence-electron chi connectivity index (χ2n) is 6.98. The molecule has 1 aliphatic rings. The molecule has 158 valence electrons. The lowest BCUT2D eigenvalue weighted by atomic mass is 10.1. The van der Waals surface area contributed by atoms with Gasteiger partial charge in [0.15, 0.2) is 11.5 Å². The third-order valence-electron chi connectivity index (χ3n) is 5.10. The molecule has 1 N–H and O–H groups in total. The van der Waals surface area contributed by atoms with Gasteiger partial charge in [0, 0.05) is 49.3 Å². The molecule has 0 spiro atoms. The van der Waals surface area contributed by atoms with Crippen LogP contribution in [-0.4, -0.2) is 62.4 Å². The molecule has 29 heavy (non-hydrogen) atoms. The third kappa shape index (κ3) is 5.36. The van der Waals surface area contributed by atoms with Crippen LogP contribution in [0.15, 0.2) is 33.2 Å². The van der Waals surface area contributed by atoms with Gasteiger partial charge in [-0.1, -0.05) is 15.9 Å². The van der Waals surface area contributed by atoms with E-state index in [2.05, 4.69) is 41.7 Å². The van der Waals surface area contributed by atoms with Crippen molar-refractivity contribution in [2.45, 2.75) is 13.1 Å². The van der Waals surface area contributed by atoms with Crippen LogP contribution in [0.3, 0.4) is 0 Å². The summed E-state index contributed by atoms with van der Waals surface area (Å²) in [7, 11) is 4.88. The first-order chi connectivity index (χ1) is 13.9. The molecule has 1 saturated heterocycles. The molecule has 0 amide bonds. The molecular formula is C21H26Br2N2O4. The summed E-state index contributed by atoms with van der Waals surface area (Å²) in [4.78, 5) is 4.77. The number of methoxy groups -OCH3 is 3. The predicted octanol–water partition coefficient (Wildman–Crippen LogP) is 4.26. The summed E-state index contributed by atoms with van der Waals surface area (Å²) >= 11 is 6.90. The normalized spacial score (nSPS) is 15.3. The van der Waals surface area contributed by atoms with Gasteiger partial charge < -0.3 is 19.3 Å². The Morgan fingerprint density at radius 2 is 1.38 bits per heavy atom. The maximum atomic E-state index is 10.3. The standard InChI is InChI=1S/C21H26Br2N2O4/c1-27-18-8-14(9-19(28-2)21(18)29-3)12-24-4-6-25(7-5-24)13-15-10-16(22)11-17(23)20(15)26/h8-11,26H,4-7,12-13H2,1-3H3. The molecule has 3 rings (SSSR count). The van der Waals surface area contributed by atoms with E-state index in [1.807, 2.05) is 24.3 Å². The highest BCUT2D eigenvalue weighted by molar-refractivity contribution is 9.11. The number of ether oxygens (including phenoxy) is 3. The van der Waals surface area contributed by atoms with Crippen molar-refractivity contribution >= 4 is 31.9 Å². The first kappa shape index (κ1) is 22.2. The van der Waals surface area contributed by atoms with Crippen molar-refractivity contribution in [3.05, 3.63) is 44.3 Å². The van der Waals surface area contributed by atoms with Gasteiger partial charge in [-0.15, -0.1) is 0 Å². The third-order valence-corrected chi connectivity index (χ3v) is 6.16.